The van der Waals surface area contributed by atoms with E-state index in [0.29, 0.717) is 0 Å². The molecule has 0 radical (unpaired) electrons. The van der Waals surface area contributed by atoms with Gasteiger partial charge in [-0.3, -0.25) is 0 Å². The van der Waals surface area contributed by atoms with E-state index in [0.717, 1.165) is 17.6 Å². The number of hydrogen-bond acceptors (Lipinski definition) is 2. The molecule has 0 aromatic heterocycles. The van der Waals surface area contributed by atoms with Gasteiger partial charge in [-0.1, -0.05) is 37.3 Å². The maximum atomic E-state index is 6.11. The minimum absolute atomic E-state index is 0. The van der Waals surface area contributed by atoms with Crippen LogP contribution in [0, 0.1) is 0 Å². The zero-order valence-electron chi connectivity index (χ0n) is 10.1. The Hall–Kier alpha value is -1.25. The summed E-state index contributed by atoms with van der Waals surface area (Å²) >= 11 is 0. The lowest BCUT2D eigenvalue weighted by Gasteiger charge is -2.14. The number of methoxy groups -OCH3 is 1. The molecule has 2 N–H and O–H groups in total. The Morgan fingerprint density at radius 3 is 2.35 bits per heavy atom. The van der Waals surface area contributed by atoms with Crippen molar-refractivity contribution in [1.82, 2.24) is 0 Å². The monoisotopic (exact) mass is 251 g/mol. The maximum absolute atomic E-state index is 6.11. The lowest BCUT2D eigenvalue weighted by atomic mass is 9.97. The van der Waals surface area contributed by atoms with Crippen LogP contribution in [0.4, 0.5) is 0 Å². The Morgan fingerprint density at radius 2 is 1.76 bits per heavy atom. The van der Waals surface area contributed by atoms with Crippen LogP contribution in [0.1, 0.15) is 24.9 Å². The van der Waals surface area contributed by atoms with Crippen LogP contribution in [-0.4, -0.2) is 7.11 Å². The van der Waals surface area contributed by atoms with Gasteiger partial charge in [0.15, 0.2) is 0 Å². The number of halogens is 1. The second-order valence-corrected chi connectivity index (χ2v) is 3.92. The largest absolute Gasteiger partial charge is 0.496 e. The fraction of sp³-hybridized carbons (Fsp3) is 0.286. The van der Waals surface area contributed by atoms with E-state index in [1.54, 1.807) is 7.11 Å². The smallest absolute Gasteiger partial charge is 0.126 e. The molecule has 0 spiro atoms. The molecule has 0 aliphatic carbocycles. The molecular weight excluding hydrogens is 234 g/mol. The summed E-state index contributed by atoms with van der Waals surface area (Å²) in [4.78, 5) is 0. The summed E-state index contributed by atoms with van der Waals surface area (Å²) in [6, 6.07) is 12.4. The second kappa shape index (κ2) is 5.89. The highest BCUT2D eigenvalue weighted by atomic mass is 35.5. The van der Waals surface area contributed by atoms with Crippen molar-refractivity contribution in [2.45, 2.75) is 19.4 Å². The Labute approximate surface area is 108 Å². The van der Waals surface area contributed by atoms with Crippen molar-refractivity contribution in [3.8, 4) is 5.75 Å². The highest BCUT2D eigenvalue weighted by Gasteiger charge is 2.10. The molecule has 92 valence electrons. The topological polar surface area (TPSA) is 35.2 Å². The lowest BCUT2D eigenvalue weighted by molar-refractivity contribution is 0.419. The molecule has 2 rings (SSSR count). The van der Waals surface area contributed by atoms with Gasteiger partial charge in [0.25, 0.3) is 0 Å². The first-order valence-electron chi connectivity index (χ1n) is 5.59. The molecule has 0 saturated heterocycles. The first kappa shape index (κ1) is 13.8. The first-order valence-corrected chi connectivity index (χ1v) is 5.59. The summed E-state index contributed by atoms with van der Waals surface area (Å²) in [5.41, 5.74) is 7.30. The molecule has 0 saturated carbocycles. The minimum Gasteiger partial charge on any atom is -0.496 e. The molecule has 0 aliphatic heterocycles. The highest BCUT2D eigenvalue weighted by molar-refractivity contribution is 5.91. The van der Waals surface area contributed by atoms with Gasteiger partial charge in [-0.05, 0) is 23.4 Å². The van der Waals surface area contributed by atoms with Crippen LogP contribution < -0.4 is 10.5 Å². The summed E-state index contributed by atoms with van der Waals surface area (Å²) in [6.45, 7) is 2.10. The van der Waals surface area contributed by atoms with Crippen molar-refractivity contribution in [1.29, 1.82) is 0 Å². The highest BCUT2D eigenvalue weighted by Crippen LogP contribution is 2.31. The third-order valence-electron chi connectivity index (χ3n) is 2.98. The van der Waals surface area contributed by atoms with Gasteiger partial charge < -0.3 is 10.5 Å². The summed E-state index contributed by atoms with van der Waals surface area (Å²) in [6.07, 6.45) is 0.941. The van der Waals surface area contributed by atoms with Crippen LogP contribution in [0.15, 0.2) is 36.4 Å². The van der Waals surface area contributed by atoms with E-state index < -0.39 is 0 Å². The maximum Gasteiger partial charge on any atom is 0.126 e. The van der Waals surface area contributed by atoms with Crippen LogP contribution >= 0.6 is 12.4 Å². The Balaban J connectivity index is 0.00000144. The van der Waals surface area contributed by atoms with Crippen LogP contribution in [0.25, 0.3) is 10.8 Å². The Bertz CT molecular complexity index is 499. The van der Waals surface area contributed by atoms with Crippen molar-refractivity contribution in [2.75, 3.05) is 7.11 Å². The van der Waals surface area contributed by atoms with Crippen molar-refractivity contribution < 1.29 is 4.74 Å². The van der Waals surface area contributed by atoms with Crippen molar-refractivity contribution >= 4 is 23.2 Å². The number of benzene rings is 2. The Kier molecular flexibility index (Phi) is 4.79. The molecule has 0 heterocycles. The van der Waals surface area contributed by atoms with E-state index in [-0.39, 0.29) is 18.4 Å². The SMILES string of the molecule is CC[C@@H](N)c1ccc(OC)c2ccccc12.Cl. The number of ether oxygens (including phenoxy) is 1. The van der Waals surface area contributed by atoms with Gasteiger partial charge in [0, 0.05) is 11.4 Å². The van der Waals surface area contributed by atoms with E-state index in [1.807, 2.05) is 18.2 Å². The van der Waals surface area contributed by atoms with E-state index >= 15 is 0 Å². The third-order valence-corrected chi connectivity index (χ3v) is 2.98. The molecule has 0 aliphatic rings. The van der Waals surface area contributed by atoms with Gasteiger partial charge in [0.1, 0.15) is 5.75 Å². The van der Waals surface area contributed by atoms with Crippen LogP contribution in [-0.2, 0) is 0 Å². The number of fused-ring (bicyclic) bond motifs is 1. The average molecular weight is 252 g/mol. The number of nitrogens with two attached hydrogens (primary N) is 1. The van der Waals surface area contributed by atoms with Gasteiger partial charge in [0.2, 0.25) is 0 Å². The molecule has 0 unspecified atom stereocenters. The van der Waals surface area contributed by atoms with Gasteiger partial charge in [-0.2, -0.15) is 0 Å². The first-order chi connectivity index (χ1) is 7.77. The molecule has 0 fully saturated rings. The van der Waals surface area contributed by atoms with Gasteiger partial charge in [-0.15, -0.1) is 12.4 Å². The number of rotatable bonds is 3. The predicted molar refractivity (Wildman–Crippen MR) is 75.0 cm³/mol. The zero-order chi connectivity index (χ0) is 11.5. The standard InChI is InChI=1S/C14H17NO.ClH/c1-3-13(15)11-8-9-14(16-2)12-7-5-4-6-10(11)12;/h4-9,13H,3,15H2,1-2H3;1H/t13-;/m1./s1. The summed E-state index contributed by atoms with van der Waals surface area (Å²) in [5.74, 6) is 0.905. The molecule has 0 bridgehead atoms. The zero-order valence-corrected chi connectivity index (χ0v) is 11.0. The van der Waals surface area contributed by atoms with E-state index in [4.69, 9.17) is 10.5 Å². The van der Waals surface area contributed by atoms with Crippen molar-refractivity contribution in [2.24, 2.45) is 5.73 Å². The molecule has 0 amide bonds. The molecule has 3 heteroatoms. The van der Waals surface area contributed by atoms with E-state index in [2.05, 4.69) is 25.1 Å². The van der Waals surface area contributed by atoms with Crippen LogP contribution in [0.2, 0.25) is 0 Å². The average Bonchev–Trinajstić information content (AvgIpc) is 2.36. The van der Waals surface area contributed by atoms with Crippen LogP contribution in [0.5, 0.6) is 5.75 Å². The summed E-state index contributed by atoms with van der Waals surface area (Å²) in [5, 5.41) is 2.32. The second-order valence-electron chi connectivity index (χ2n) is 3.92. The molecule has 1 atom stereocenters. The predicted octanol–water partition coefficient (Wildman–Crippen LogP) is 3.68. The quantitative estimate of drug-likeness (QED) is 0.903. The molecule has 2 nitrogen and oxygen atoms in total. The van der Waals surface area contributed by atoms with Crippen molar-refractivity contribution in [3.05, 3.63) is 42.0 Å². The number of hydrogen-bond donors (Lipinski definition) is 1. The normalized spacial score (nSPS) is 11.9. The summed E-state index contributed by atoms with van der Waals surface area (Å²) in [7, 11) is 1.70. The van der Waals surface area contributed by atoms with E-state index in [1.165, 1.54) is 10.9 Å². The van der Waals surface area contributed by atoms with Gasteiger partial charge in [0.05, 0.1) is 7.11 Å². The molecule has 2 aromatic rings. The van der Waals surface area contributed by atoms with Gasteiger partial charge >= 0.3 is 0 Å². The fourth-order valence-electron chi connectivity index (χ4n) is 2.02. The fourth-order valence-corrected chi connectivity index (χ4v) is 2.02. The van der Waals surface area contributed by atoms with Gasteiger partial charge in [-0.25, -0.2) is 0 Å². The summed E-state index contributed by atoms with van der Waals surface area (Å²) < 4.78 is 5.36. The lowest BCUT2D eigenvalue weighted by Crippen LogP contribution is -2.09. The van der Waals surface area contributed by atoms with E-state index in [9.17, 15) is 0 Å². The molecule has 2 aromatic carbocycles. The Morgan fingerprint density at radius 1 is 1.12 bits per heavy atom. The third kappa shape index (κ3) is 2.54. The van der Waals surface area contributed by atoms with Crippen molar-refractivity contribution in [3.63, 3.8) is 0 Å². The molecular formula is C14H18ClNO. The molecule has 17 heavy (non-hydrogen) atoms. The van der Waals surface area contributed by atoms with Crippen LogP contribution in [0.3, 0.4) is 0 Å². The minimum atomic E-state index is 0.